The van der Waals surface area contributed by atoms with Gasteiger partial charge in [-0.25, -0.2) is 0 Å². The first-order valence-corrected chi connectivity index (χ1v) is 12.5. The Kier molecular flexibility index (Phi) is 5.75. The Balaban J connectivity index is 1.11. The van der Waals surface area contributed by atoms with E-state index in [0.717, 1.165) is 67.2 Å². The van der Waals surface area contributed by atoms with Crippen molar-refractivity contribution in [1.82, 2.24) is 25.0 Å². The number of nitrogens with zero attached hydrogens (tertiary/aromatic N) is 7. The lowest BCUT2D eigenvalue weighted by Gasteiger charge is -2.49. The molecule has 12 nitrogen and oxygen atoms in total. The Hall–Kier alpha value is -4.06. The molecule has 3 saturated heterocycles. The molecule has 1 N–H and O–H groups in total. The number of nitro groups is 1. The summed E-state index contributed by atoms with van der Waals surface area (Å²) in [6, 6.07) is 9.80. The minimum atomic E-state index is -0.480. The van der Waals surface area contributed by atoms with Crippen molar-refractivity contribution in [3.8, 4) is 0 Å². The number of piperazine rings is 1. The summed E-state index contributed by atoms with van der Waals surface area (Å²) in [5.41, 5.74) is 3.77. The maximum absolute atomic E-state index is 12.5. The van der Waals surface area contributed by atoms with E-state index < -0.39 is 10.8 Å². The van der Waals surface area contributed by atoms with Gasteiger partial charge in [0, 0.05) is 70.2 Å². The van der Waals surface area contributed by atoms with Gasteiger partial charge in [0.05, 0.1) is 28.5 Å². The van der Waals surface area contributed by atoms with Crippen LogP contribution in [-0.4, -0.2) is 81.7 Å². The number of para-hydroxylation sites is 1. The number of amides is 2. The molecule has 2 amide bonds. The molecule has 3 aliphatic heterocycles. The third kappa shape index (κ3) is 4.16. The van der Waals surface area contributed by atoms with Crippen molar-refractivity contribution in [3.05, 3.63) is 52.3 Å². The Morgan fingerprint density at radius 3 is 2.51 bits per heavy atom. The summed E-state index contributed by atoms with van der Waals surface area (Å²) in [5.74, 6) is -1.04. The van der Waals surface area contributed by atoms with E-state index in [0.29, 0.717) is 18.9 Å². The van der Waals surface area contributed by atoms with Crippen molar-refractivity contribution in [2.24, 2.45) is 7.05 Å². The number of carbonyl (C=O) groups excluding carboxylic acids is 2. The SMILES string of the molecule is Cn1nc([C@H]2CCC(=O)NC2=O)c2cccc(N3CC(N4CCN(c5ccc([N+](=O)[O-])nc5)CC4)C3)c21. The standard InChI is InChI=1S/C25H28N8O4/c1-29-24-18(23(28-29)19-6-8-22(34)27-25(19)35)3-2-4-20(24)32-14-17(15-32)31-11-9-30(10-12-31)16-5-7-21(26-13-16)33(36)37/h2-5,7,13,17,19H,6,8-12,14-15H2,1H3,(H,27,34,35)/t19-/m1/s1. The van der Waals surface area contributed by atoms with Crippen LogP contribution in [-0.2, 0) is 16.6 Å². The zero-order chi connectivity index (χ0) is 25.7. The molecule has 3 aromatic rings. The molecule has 0 spiro atoms. The average molecular weight is 505 g/mol. The number of aromatic nitrogens is 3. The molecule has 0 bridgehead atoms. The van der Waals surface area contributed by atoms with Gasteiger partial charge >= 0.3 is 5.82 Å². The van der Waals surface area contributed by atoms with Crippen LogP contribution in [0.3, 0.4) is 0 Å². The van der Waals surface area contributed by atoms with Gasteiger partial charge in [0.2, 0.25) is 11.8 Å². The van der Waals surface area contributed by atoms with Crippen LogP contribution < -0.4 is 15.1 Å². The molecule has 12 heteroatoms. The highest BCUT2D eigenvalue weighted by atomic mass is 16.6. The van der Waals surface area contributed by atoms with Crippen molar-refractivity contribution < 1.29 is 14.5 Å². The third-order valence-electron chi connectivity index (χ3n) is 7.76. The Morgan fingerprint density at radius 1 is 1.05 bits per heavy atom. The van der Waals surface area contributed by atoms with Gasteiger partial charge in [-0.15, -0.1) is 0 Å². The molecule has 0 radical (unpaired) electrons. The van der Waals surface area contributed by atoms with Gasteiger partial charge in [-0.1, -0.05) is 12.1 Å². The Bertz CT molecular complexity index is 1370. The Morgan fingerprint density at radius 2 is 1.84 bits per heavy atom. The van der Waals surface area contributed by atoms with Crippen LogP contribution in [0, 0.1) is 10.1 Å². The number of rotatable bonds is 5. The summed E-state index contributed by atoms with van der Waals surface area (Å²) in [6.45, 7) is 5.37. The number of aryl methyl sites for hydroxylation is 1. The molecule has 2 aromatic heterocycles. The highest BCUT2D eigenvalue weighted by molar-refractivity contribution is 6.03. The van der Waals surface area contributed by atoms with E-state index >= 15 is 0 Å². The van der Waals surface area contributed by atoms with Gasteiger partial charge in [-0.2, -0.15) is 5.10 Å². The zero-order valence-corrected chi connectivity index (χ0v) is 20.5. The lowest BCUT2D eigenvalue weighted by atomic mass is 9.92. The lowest BCUT2D eigenvalue weighted by molar-refractivity contribution is -0.389. The van der Waals surface area contributed by atoms with E-state index in [9.17, 15) is 19.7 Å². The minimum absolute atomic E-state index is 0.135. The maximum atomic E-state index is 12.5. The summed E-state index contributed by atoms with van der Waals surface area (Å²) < 4.78 is 1.86. The zero-order valence-electron chi connectivity index (χ0n) is 20.5. The van der Waals surface area contributed by atoms with Gasteiger partial charge < -0.3 is 19.9 Å². The number of fused-ring (bicyclic) bond motifs is 1. The Labute approximate surface area is 213 Å². The van der Waals surface area contributed by atoms with E-state index in [1.807, 2.05) is 23.9 Å². The number of pyridine rings is 1. The maximum Gasteiger partial charge on any atom is 0.363 e. The molecular weight excluding hydrogens is 476 g/mol. The number of carbonyl (C=O) groups is 2. The van der Waals surface area contributed by atoms with Crippen molar-refractivity contribution in [3.63, 3.8) is 0 Å². The van der Waals surface area contributed by atoms with Crippen LogP contribution in [0.1, 0.15) is 24.5 Å². The fraction of sp³-hybridized carbons (Fsp3) is 0.440. The summed E-state index contributed by atoms with van der Waals surface area (Å²) in [7, 11) is 1.91. The predicted molar refractivity (Wildman–Crippen MR) is 137 cm³/mol. The monoisotopic (exact) mass is 504 g/mol. The molecule has 3 fully saturated rings. The minimum Gasteiger partial charge on any atom is -0.367 e. The van der Waals surface area contributed by atoms with E-state index in [-0.39, 0.29) is 17.6 Å². The molecule has 192 valence electrons. The number of piperidine rings is 1. The number of benzene rings is 1. The van der Waals surface area contributed by atoms with E-state index in [1.54, 1.807) is 12.3 Å². The highest BCUT2D eigenvalue weighted by Gasteiger charge is 2.36. The van der Waals surface area contributed by atoms with Gasteiger partial charge in [0.15, 0.2) is 6.20 Å². The molecule has 0 saturated carbocycles. The topological polar surface area (TPSA) is 130 Å². The molecule has 1 aromatic carbocycles. The summed E-state index contributed by atoms with van der Waals surface area (Å²) in [6.07, 6.45) is 2.39. The second-order valence-corrected chi connectivity index (χ2v) is 9.90. The first-order valence-electron chi connectivity index (χ1n) is 12.5. The van der Waals surface area contributed by atoms with Crippen LogP contribution in [0.25, 0.3) is 10.9 Å². The highest BCUT2D eigenvalue weighted by Crippen LogP contribution is 2.36. The van der Waals surface area contributed by atoms with Gasteiger partial charge in [-0.05, 0) is 28.5 Å². The lowest BCUT2D eigenvalue weighted by Crippen LogP contribution is -2.63. The molecular formula is C25H28N8O4. The number of hydrogen-bond donors (Lipinski definition) is 1. The fourth-order valence-corrected chi connectivity index (χ4v) is 5.71. The normalized spacial score (nSPS) is 21.3. The van der Waals surface area contributed by atoms with Crippen molar-refractivity contribution in [2.75, 3.05) is 49.1 Å². The van der Waals surface area contributed by atoms with E-state index in [2.05, 4.69) is 31.1 Å². The molecule has 0 unspecified atom stereocenters. The molecule has 3 aliphatic rings. The van der Waals surface area contributed by atoms with Crippen LogP contribution in [0.5, 0.6) is 0 Å². The molecule has 5 heterocycles. The third-order valence-corrected chi connectivity index (χ3v) is 7.76. The first-order chi connectivity index (χ1) is 17.9. The van der Waals surface area contributed by atoms with Crippen molar-refractivity contribution >= 4 is 39.9 Å². The van der Waals surface area contributed by atoms with E-state index in [1.165, 1.54) is 6.07 Å². The molecule has 6 rings (SSSR count). The van der Waals surface area contributed by atoms with Gasteiger partial charge in [0.25, 0.3) is 0 Å². The number of nitrogens with one attached hydrogen (secondary N) is 1. The van der Waals surface area contributed by atoms with Gasteiger partial charge in [-0.3, -0.25) is 24.5 Å². The van der Waals surface area contributed by atoms with Crippen molar-refractivity contribution in [1.29, 1.82) is 0 Å². The number of hydrogen-bond acceptors (Lipinski definition) is 9. The van der Waals surface area contributed by atoms with Crippen LogP contribution in [0.15, 0.2) is 36.5 Å². The summed E-state index contributed by atoms with van der Waals surface area (Å²) in [5, 5.41) is 19.0. The molecule has 0 aliphatic carbocycles. The molecule has 1 atom stereocenters. The summed E-state index contributed by atoms with van der Waals surface area (Å²) >= 11 is 0. The predicted octanol–water partition coefficient (Wildman–Crippen LogP) is 1.41. The second kappa shape index (κ2) is 9.11. The molecule has 37 heavy (non-hydrogen) atoms. The van der Waals surface area contributed by atoms with Crippen LogP contribution in [0.2, 0.25) is 0 Å². The van der Waals surface area contributed by atoms with Gasteiger partial charge in [0.1, 0.15) is 0 Å². The average Bonchev–Trinajstić information content (AvgIpc) is 3.20. The summed E-state index contributed by atoms with van der Waals surface area (Å²) in [4.78, 5) is 45.5. The van der Waals surface area contributed by atoms with Crippen LogP contribution >= 0.6 is 0 Å². The smallest absolute Gasteiger partial charge is 0.363 e. The van der Waals surface area contributed by atoms with Crippen molar-refractivity contribution in [2.45, 2.75) is 24.8 Å². The van der Waals surface area contributed by atoms with E-state index in [4.69, 9.17) is 5.10 Å². The second-order valence-electron chi connectivity index (χ2n) is 9.90. The number of imide groups is 1. The number of anilines is 2. The van der Waals surface area contributed by atoms with Crippen LogP contribution in [0.4, 0.5) is 17.2 Å². The fourth-order valence-electron chi connectivity index (χ4n) is 5.71. The first kappa shape index (κ1) is 23.3. The quantitative estimate of drug-likeness (QED) is 0.311. The largest absolute Gasteiger partial charge is 0.367 e.